The highest BCUT2D eigenvalue weighted by Crippen LogP contribution is 2.24. The number of nitrogens with one attached hydrogen (secondary N) is 1. The second kappa shape index (κ2) is 7.27. The second-order valence-electron chi connectivity index (χ2n) is 5.81. The van der Waals surface area contributed by atoms with Gasteiger partial charge in [-0.2, -0.15) is 0 Å². The van der Waals surface area contributed by atoms with E-state index < -0.39 is 0 Å². The van der Waals surface area contributed by atoms with Crippen LogP contribution in [0.2, 0.25) is 0 Å². The van der Waals surface area contributed by atoms with E-state index in [1.807, 2.05) is 13.0 Å². The van der Waals surface area contributed by atoms with Gasteiger partial charge in [-0.3, -0.25) is 0 Å². The predicted octanol–water partition coefficient (Wildman–Crippen LogP) is 3.62. The van der Waals surface area contributed by atoms with E-state index in [4.69, 9.17) is 9.26 Å². The first kappa shape index (κ1) is 15.6. The minimum Gasteiger partial charge on any atom is -0.487 e. The zero-order valence-corrected chi connectivity index (χ0v) is 13.3. The molecule has 0 atom stereocenters. The molecule has 0 aliphatic heterocycles. The Balaban J connectivity index is 2.02. The summed E-state index contributed by atoms with van der Waals surface area (Å²) in [5.74, 6) is 2.38. The van der Waals surface area contributed by atoms with E-state index in [1.54, 1.807) is 0 Å². The second-order valence-corrected chi connectivity index (χ2v) is 5.81. The van der Waals surface area contributed by atoms with E-state index in [1.165, 1.54) is 5.56 Å². The smallest absolute Gasteiger partial charge is 0.134 e. The van der Waals surface area contributed by atoms with Crippen molar-refractivity contribution in [3.05, 3.63) is 46.8 Å². The quantitative estimate of drug-likeness (QED) is 0.845. The summed E-state index contributed by atoms with van der Waals surface area (Å²) in [6.45, 7) is 10.6. The number of rotatable bonds is 7. The molecule has 1 aromatic heterocycles. The van der Waals surface area contributed by atoms with E-state index in [0.29, 0.717) is 12.5 Å². The summed E-state index contributed by atoms with van der Waals surface area (Å²) in [5, 5.41) is 7.42. The van der Waals surface area contributed by atoms with Crippen LogP contribution in [0.5, 0.6) is 5.75 Å². The molecule has 0 bridgehead atoms. The SMILES string of the molecule is Cc1cc(COc2c(C)cccc2CNCC(C)C)no1. The molecule has 0 aliphatic rings. The van der Waals surface area contributed by atoms with Gasteiger partial charge in [0.15, 0.2) is 0 Å². The van der Waals surface area contributed by atoms with Gasteiger partial charge in [-0.25, -0.2) is 0 Å². The minimum absolute atomic E-state index is 0.430. The molecule has 21 heavy (non-hydrogen) atoms. The Morgan fingerprint density at radius 2 is 2.10 bits per heavy atom. The summed E-state index contributed by atoms with van der Waals surface area (Å²) in [6, 6.07) is 8.13. The Labute approximate surface area is 126 Å². The number of aromatic nitrogens is 1. The topological polar surface area (TPSA) is 47.3 Å². The molecule has 4 heteroatoms. The monoisotopic (exact) mass is 288 g/mol. The van der Waals surface area contributed by atoms with Crippen LogP contribution in [-0.4, -0.2) is 11.7 Å². The summed E-state index contributed by atoms with van der Waals surface area (Å²) in [7, 11) is 0. The van der Waals surface area contributed by atoms with Crippen LogP contribution in [0.15, 0.2) is 28.8 Å². The zero-order chi connectivity index (χ0) is 15.2. The highest BCUT2D eigenvalue weighted by atomic mass is 16.5. The fraction of sp³-hybridized carbons (Fsp3) is 0.471. The third-order valence-electron chi connectivity index (χ3n) is 3.20. The standard InChI is InChI=1S/C17H24N2O2/c1-12(2)9-18-10-15-7-5-6-13(3)17(15)20-11-16-8-14(4)21-19-16/h5-8,12,18H,9-11H2,1-4H3. The van der Waals surface area contributed by atoms with Gasteiger partial charge in [0.1, 0.15) is 23.8 Å². The van der Waals surface area contributed by atoms with Gasteiger partial charge in [-0.1, -0.05) is 37.2 Å². The summed E-state index contributed by atoms with van der Waals surface area (Å²) in [6.07, 6.45) is 0. The lowest BCUT2D eigenvalue weighted by Gasteiger charge is -2.14. The normalized spacial score (nSPS) is 11.1. The van der Waals surface area contributed by atoms with Gasteiger partial charge in [0.25, 0.3) is 0 Å². The number of nitrogens with zero attached hydrogens (tertiary/aromatic N) is 1. The summed E-state index contributed by atoms with van der Waals surface area (Å²) in [4.78, 5) is 0. The van der Waals surface area contributed by atoms with Crippen LogP contribution in [0.4, 0.5) is 0 Å². The molecule has 0 aliphatic carbocycles. The van der Waals surface area contributed by atoms with Crippen molar-refractivity contribution < 1.29 is 9.26 Å². The molecule has 2 rings (SSSR count). The van der Waals surface area contributed by atoms with E-state index in [-0.39, 0.29) is 0 Å². The first-order valence-electron chi connectivity index (χ1n) is 7.40. The molecule has 114 valence electrons. The lowest BCUT2D eigenvalue weighted by Crippen LogP contribution is -2.19. The predicted molar refractivity (Wildman–Crippen MR) is 83.3 cm³/mol. The van der Waals surface area contributed by atoms with Gasteiger partial charge in [0.05, 0.1) is 0 Å². The summed E-state index contributed by atoms with van der Waals surface area (Å²) in [5.41, 5.74) is 3.13. The van der Waals surface area contributed by atoms with E-state index in [2.05, 4.69) is 49.4 Å². The molecule has 0 spiro atoms. The van der Waals surface area contributed by atoms with Gasteiger partial charge < -0.3 is 14.6 Å². The minimum atomic E-state index is 0.430. The third-order valence-corrected chi connectivity index (χ3v) is 3.20. The number of ether oxygens (including phenoxy) is 1. The first-order chi connectivity index (χ1) is 10.1. The van der Waals surface area contributed by atoms with Crippen molar-refractivity contribution in [2.75, 3.05) is 6.54 Å². The molecular weight excluding hydrogens is 264 g/mol. The first-order valence-corrected chi connectivity index (χ1v) is 7.40. The molecule has 1 aromatic carbocycles. The van der Waals surface area contributed by atoms with Gasteiger partial charge in [0.2, 0.25) is 0 Å². The number of para-hydroxylation sites is 1. The molecule has 4 nitrogen and oxygen atoms in total. The van der Waals surface area contributed by atoms with Crippen LogP contribution >= 0.6 is 0 Å². The van der Waals surface area contributed by atoms with Gasteiger partial charge in [-0.15, -0.1) is 0 Å². The summed E-state index contributed by atoms with van der Waals surface area (Å²) < 4.78 is 11.0. The van der Waals surface area contributed by atoms with Gasteiger partial charge in [-0.05, 0) is 31.9 Å². The van der Waals surface area contributed by atoms with Crippen LogP contribution in [0, 0.1) is 19.8 Å². The molecule has 0 saturated heterocycles. The maximum Gasteiger partial charge on any atom is 0.134 e. The average molecular weight is 288 g/mol. The molecule has 0 radical (unpaired) electrons. The van der Waals surface area contributed by atoms with Crippen molar-refractivity contribution in [3.63, 3.8) is 0 Å². The number of benzene rings is 1. The fourth-order valence-electron chi connectivity index (χ4n) is 2.19. The van der Waals surface area contributed by atoms with Crippen LogP contribution in [0.3, 0.4) is 0 Å². The van der Waals surface area contributed by atoms with Crippen molar-refractivity contribution in [2.24, 2.45) is 5.92 Å². The molecule has 0 unspecified atom stereocenters. The highest BCUT2D eigenvalue weighted by Gasteiger charge is 2.09. The zero-order valence-electron chi connectivity index (χ0n) is 13.3. The summed E-state index contributed by atoms with van der Waals surface area (Å²) >= 11 is 0. The molecule has 2 aromatic rings. The van der Waals surface area contributed by atoms with Crippen LogP contribution in [-0.2, 0) is 13.2 Å². The number of aryl methyl sites for hydroxylation is 2. The molecule has 1 heterocycles. The maximum atomic E-state index is 5.96. The Bertz CT molecular complexity index is 576. The molecule has 0 fully saturated rings. The van der Waals surface area contributed by atoms with Crippen LogP contribution in [0.1, 0.15) is 36.4 Å². The third kappa shape index (κ3) is 4.60. The van der Waals surface area contributed by atoms with Gasteiger partial charge >= 0.3 is 0 Å². The Kier molecular flexibility index (Phi) is 5.39. The number of hydrogen-bond acceptors (Lipinski definition) is 4. The number of hydrogen-bond donors (Lipinski definition) is 1. The van der Waals surface area contributed by atoms with Crippen LogP contribution < -0.4 is 10.1 Å². The van der Waals surface area contributed by atoms with Crippen molar-refractivity contribution in [1.29, 1.82) is 0 Å². The van der Waals surface area contributed by atoms with Crippen LogP contribution in [0.25, 0.3) is 0 Å². The molecule has 0 saturated carbocycles. The Morgan fingerprint density at radius 3 is 2.76 bits per heavy atom. The van der Waals surface area contributed by atoms with E-state index in [9.17, 15) is 0 Å². The fourth-order valence-corrected chi connectivity index (χ4v) is 2.19. The lowest BCUT2D eigenvalue weighted by atomic mass is 10.1. The Morgan fingerprint density at radius 1 is 1.29 bits per heavy atom. The largest absolute Gasteiger partial charge is 0.487 e. The lowest BCUT2D eigenvalue weighted by molar-refractivity contribution is 0.282. The van der Waals surface area contributed by atoms with Gasteiger partial charge in [0, 0.05) is 18.2 Å². The van der Waals surface area contributed by atoms with E-state index >= 15 is 0 Å². The molecule has 0 amide bonds. The molecular formula is C17H24N2O2. The van der Waals surface area contributed by atoms with E-state index in [0.717, 1.165) is 35.9 Å². The van der Waals surface area contributed by atoms with Crippen molar-refractivity contribution >= 4 is 0 Å². The van der Waals surface area contributed by atoms with Crippen molar-refractivity contribution in [2.45, 2.75) is 40.8 Å². The average Bonchev–Trinajstić information content (AvgIpc) is 2.83. The molecule has 1 N–H and O–H groups in total. The highest BCUT2D eigenvalue weighted by molar-refractivity contribution is 5.40. The van der Waals surface area contributed by atoms with Crippen molar-refractivity contribution in [1.82, 2.24) is 10.5 Å². The van der Waals surface area contributed by atoms with Crippen molar-refractivity contribution in [3.8, 4) is 5.75 Å². The maximum absolute atomic E-state index is 5.96. The Hall–Kier alpha value is -1.81.